The van der Waals surface area contributed by atoms with Crippen LogP contribution in [-0.2, 0) is 17.8 Å². The van der Waals surface area contributed by atoms with Crippen LogP contribution in [0.4, 0.5) is 22.4 Å². The second kappa shape index (κ2) is 10.6. The molecule has 1 aromatic carbocycles. The Morgan fingerprint density at radius 2 is 1.85 bits per heavy atom. The van der Waals surface area contributed by atoms with Crippen molar-refractivity contribution >= 4 is 29.6 Å². The molecule has 39 heavy (non-hydrogen) atoms. The first-order valence-electron chi connectivity index (χ1n) is 12.4. The van der Waals surface area contributed by atoms with Gasteiger partial charge in [-0.1, -0.05) is 0 Å². The Hall–Kier alpha value is -4.75. The first-order valence-corrected chi connectivity index (χ1v) is 12.4. The number of nitrogens with two attached hydrogens (primary N) is 1. The van der Waals surface area contributed by atoms with Crippen molar-refractivity contribution in [3.05, 3.63) is 35.9 Å². The molecule has 14 nitrogen and oxygen atoms in total. The van der Waals surface area contributed by atoms with E-state index in [0.29, 0.717) is 60.4 Å². The molecule has 4 N–H and O–H groups in total. The van der Waals surface area contributed by atoms with E-state index in [1.54, 1.807) is 50.6 Å². The van der Waals surface area contributed by atoms with Gasteiger partial charge in [0.25, 0.3) is 0 Å². The molecule has 0 aliphatic carbocycles. The Morgan fingerprint density at radius 3 is 2.49 bits per heavy atom. The molecule has 2 aliphatic rings. The normalized spacial score (nSPS) is 16.5. The molecule has 0 saturated carbocycles. The van der Waals surface area contributed by atoms with Crippen molar-refractivity contribution in [3.63, 3.8) is 0 Å². The lowest BCUT2D eigenvalue weighted by atomic mass is 10.1. The molecule has 1 atom stereocenters. The Bertz CT molecular complexity index is 1380. The number of methoxy groups -OCH3 is 3. The average Bonchev–Trinajstić information content (AvgIpc) is 3.61. The summed E-state index contributed by atoms with van der Waals surface area (Å²) in [7, 11) is 4.64. The zero-order chi connectivity index (χ0) is 27.7. The molecular formula is C25H30N8O6. The van der Waals surface area contributed by atoms with E-state index in [-0.39, 0.29) is 12.5 Å². The number of benzene rings is 1. The third-order valence-electron chi connectivity index (χ3n) is 6.93. The molecule has 2 aliphatic heterocycles. The van der Waals surface area contributed by atoms with Crippen molar-refractivity contribution < 1.29 is 28.9 Å². The van der Waals surface area contributed by atoms with Gasteiger partial charge in [0.1, 0.15) is 18.2 Å². The predicted molar refractivity (Wildman–Crippen MR) is 140 cm³/mol. The highest BCUT2D eigenvalue weighted by Gasteiger charge is 2.35. The summed E-state index contributed by atoms with van der Waals surface area (Å²) in [6, 6.07) is 3.08. The standard InChI is InChI=1S/C25H30N8O6/c1-37-18-9-14(10-19(38-2)21(18)39-3)32-12-20(27-13-32)29-24-28-16-6-8-31(25(35)36)11-15(16)23(30-24)33-7-4-5-17(33)22(26)34/h9-10,12-13,17H,4-8,11H2,1-3H3,(H2,26,34)(H,35,36)(H,28,29,30)/t17-/m0/s1. The summed E-state index contributed by atoms with van der Waals surface area (Å²) < 4.78 is 18.1. The van der Waals surface area contributed by atoms with Gasteiger partial charge < -0.3 is 44.7 Å². The molecule has 0 unspecified atom stereocenters. The minimum Gasteiger partial charge on any atom is -0.493 e. The first kappa shape index (κ1) is 25.9. The summed E-state index contributed by atoms with van der Waals surface area (Å²) in [6.45, 7) is 1.03. The largest absolute Gasteiger partial charge is 0.493 e. The smallest absolute Gasteiger partial charge is 0.407 e. The highest BCUT2D eigenvalue weighted by Crippen LogP contribution is 2.39. The number of carbonyl (C=O) groups excluding carboxylic acids is 1. The molecule has 5 rings (SSSR count). The lowest BCUT2D eigenvalue weighted by molar-refractivity contribution is -0.119. The number of hydrogen-bond donors (Lipinski definition) is 3. The lowest BCUT2D eigenvalue weighted by Crippen LogP contribution is -2.43. The maximum atomic E-state index is 12.1. The Kier molecular flexibility index (Phi) is 7.00. The maximum absolute atomic E-state index is 12.1. The number of aromatic nitrogens is 4. The van der Waals surface area contributed by atoms with Gasteiger partial charge in [-0.05, 0) is 12.8 Å². The Morgan fingerprint density at radius 1 is 1.10 bits per heavy atom. The Labute approximate surface area is 224 Å². The second-order valence-electron chi connectivity index (χ2n) is 9.18. The fraction of sp³-hybridized carbons (Fsp3) is 0.400. The number of nitrogens with zero attached hydrogens (tertiary/aromatic N) is 6. The highest BCUT2D eigenvalue weighted by molar-refractivity contribution is 5.84. The van der Waals surface area contributed by atoms with Crippen LogP contribution in [0.5, 0.6) is 17.2 Å². The number of hydrogen-bond acceptors (Lipinski definition) is 10. The van der Waals surface area contributed by atoms with Gasteiger partial charge in [0.15, 0.2) is 17.3 Å². The number of rotatable bonds is 8. The molecule has 0 radical (unpaired) electrons. The number of carbonyl (C=O) groups is 2. The fourth-order valence-electron chi connectivity index (χ4n) is 5.03. The van der Waals surface area contributed by atoms with Crippen LogP contribution in [0.15, 0.2) is 24.7 Å². The van der Waals surface area contributed by atoms with Gasteiger partial charge in [0.2, 0.25) is 17.6 Å². The molecule has 0 bridgehead atoms. The van der Waals surface area contributed by atoms with Crippen molar-refractivity contribution in [2.45, 2.75) is 31.8 Å². The second-order valence-corrected chi connectivity index (χ2v) is 9.18. The molecule has 2 amide bonds. The third kappa shape index (κ3) is 4.92. The van der Waals surface area contributed by atoms with Gasteiger partial charge in [-0.3, -0.25) is 4.79 Å². The quantitative estimate of drug-likeness (QED) is 0.383. The zero-order valence-corrected chi connectivity index (χ0v) is 21.9. The zero-order valence-electron chi connectivity index (χ0n) is 21.9. The predicted octanol–water partition coefficient (Wildman–Crippen LogP) is 1.92. The van der Waals surface area contributed by atoms with Crippen molar-refractivity contribution in [1.29, 1.82) is 0 Å². The number of carboxylic acid groups (broad SMARTS) is 1. The highest BCUT2D eigenvalue weighted by atomic mass is 16.5. The van der Waals surface area contributed by atoms with Crippen LogP contribution in [-0.4, -0.2) is 82.0 Å². The molecule has 206 valence electrons. The number of primary amides is 1. The number of ether oxygens (including phenoxy) is 3. The summed E-state index contributed by atoms with van der Waals surface area (Å²) in [6.07, 6.45) is 4.17. The number of imidazole rings is 1. The molecule has 0 spiro atoms. The maximum Gasteiger partial charge on any atom is 0.407 e. The van der Waals surface area contributed by atoms with E-state index >= 15 is 0 Å². The van der Waals surface area contributed by atoms with E-state index in [1.165, 1.54) is 4.90 Å². The molecule has 1 saturated heterocycles. The molecule has 1 fully saturated rings. The third-order valence-corrected chi connectivity index (χ3v) is 6.93. The summed E-state index contributed by atoms with van der Waals surface area (Å²) in [4.78, 5) is 40.8. The molecular weight excluding hydrogens is 508 g/mol. The summed E-state index contributed by atoms with van der Waals surface area (Å²) in [5.41, 5.74) is 7.81. The SMILES string of the molecule is COc1cc(-n2cnc(Nc3nc4c(c(N5CCC[C@H]5C(N)=O)n3)CN(C(=O)O)CC4)c2)cc(OC)c1OC. The van der Waals surface area contributed by atoms with Gasteiger partial charge >= 0.3 is 6.09 Å². The van der Waals surface area contributed by atoms with Gasteiger partial charge in [-0.2, -0.15) is 4.98 Å². The number of amides is 2. The first-order chi connectivity index (χ1) is 18.8. The summed E-state index contributed by atoms with van der Waals surface area (Å²) in [5, 5.41) is 12.7. The van der Waals surface area contributed by atoms with Crippen LogP contribution in [0.2, 0.25) is 0 Å². The van der Waals surface area contributed by atoms with Crippen LogP contribution < -0.4 is 30.2 Å². The topological polar surface area (TPSA) is 170 Å². The van der Waals surface area contributed by atoms with Gasteiger partial charge in [-0.25, -0.2) is 14.8 Å². The van der Waals surface area contributed by atoms with Crippen LogP contribution in [0.3, 0.4) is 0 Å². The van der Waals surface area contributed by atoms with Crippen LogP contribution in [0.25, 0.3) is 5.69 Å². The molecule has 4 heterocycles. The van der Waals surface area contributed by atoms with Crippen LogP contribution in [0, 0.1) is 0 Å². The van der Waals surface area contributed by atoms with E-state index in [9.17, 15) is 14.7 Å². The van der Waals surface area contributed by atoms with Crippen molar-refractivity contribution in [3.8, 4) is 22.9 Å². The van der Waals surface area contributed by atoms with E-state index < -0.39 is 18.0 Å². The monoisotopic (exact) mass is 538 g/mol. The van der Waals surface area contributed by atoms with Gasteiger partial charge in [0, 0.05) is 37.2 Å². The molecule has 2 aromatic heterocycles. The summed E-state index contributed by atoms with van der Waals surface area (Å²) in [5.74, 6) is 2.33. The van der Waals surface area contributed by atoms with Gasteiger partial charge in [0.05, 0.1) is 45.5 Å². The van der Waals surface area contributed by atoms with Crippen molar-refractivity contribution in [1.82, 2.24) is 24.4 Å². The van der Waals surface area contributed by atoms with E-state index in [4.69, 9.17) is 24.9 Å². The lowest BCUT2D eigenvalue weighted by Gasteiger charge is -2.32. The van der Waals surface area contributed by atoms with E-state index in [2.05, 4.69) is 15.3 Å². The average molecular weight is 539 g/mol. The van der Waals surface area contributed by atoms with E-state index in [0.717, 1.165) is 17.8 Å². The Balaban J connectivity index is 1.48. The van der Waals surface area contributed by atoms with Crippen molar-refractivity contribution in [2.24, 2.45) is 5.73 Å². The number of fused-ring (bicyclic) bond motifs is 1. The van der Waals surface area contributed by atoms with Crippen LogP contribution in [0.1, 0.15) is 24.1 Å². The van der Waals surface area contributed by atoms with E-state index in [1.807, 2.05) is 4.90 Å². The molecule has 14 heteroatoms. The minimum absolute atomic E-state index is 0.137. The minimum atomic E-state index is -1.01. The molecule has 3 aromatic rings. The van der Waals surface area contributed by atoms with Gasteiger partial charge in [-0.15, -0.1) is 0 Å². The number of nitrogens with one attached hydrogen (secondary N) is 1. The van der Waals surface area contributed by atoms with Crippen molar-refractivity contribution in [2.75, 3.05) is 44.6 Å². The fourth-order valence-corrected chi connectivity index (χ4v) is 5.03. The number of anilines is 3. The van der Waals surface area contributed by atoms with Crippen LogP contribution >= 0.6 is 0 Å². The summed E-state index contributed by atoms with van der Waals surface area (Å²) >= 11 is 0.